The molecule has 9 heteroatoms. The Kier molecular flexibility index (Phi) is 6.50. The van der Waals surface area contributed by atoms with Crippen LogP contribution in [0.4, 0.5) is 0 Å². The van der Waals surface area contributed by atoms with Crippen molar-refractivity contribution < 1.29 is 23.9 Å². The first-order chi connectivity index (χ1) is 16.1. The van der Waals surface area contributed by atoms with Gasteiger partial charge in [-0.1, -0.05) is 47.5 Å². The highest BCUT2D eigenvalue weighted by Gasteiger charge is 2.74. The summed E-state index contributed by atoms with van der Waals surface area (Å²) in [6.45, 7) is 0.171. The van der Waals surface area contributed by atoms with Crippen LogP contribution in [0.2, 0.25) is 10.0 Å². The number of benzene rings is 2. The third kappa shape index (κ3) is 3.45. The molecule has 2 saturated heterocycles. The minimum Gasteiger partial charge on any atom is -0.468 e. The van der Waals surface area contributed by atoms with Gasteiger partial charge in [0, 0.05) is 23.1 Å². The topological polar surface area (TPSA) is 76.1 Å². The number of hydrogen-bond donors (Lipinski definition) is 0. The minimum atomic E-state index is -1.67. The molecule has 2 aromatic carbocycles. The normalized spacial score (nSPS) is 29.5. The lowest BCUT2D eigenvalue weighted by Crippen LogP contribution is -2.75. The number of carbonyl (C=O) groups excluding carboxylic acids is 3. The minimum absolute atomic E-state index is 0.0855. The Labute approximate surface area is 208 Å². The third-order valence-corrected chi connectivity index (χ3v) is 7.57. The molecule has 180 valence electrons. The van der Waals surface area contributed by atoms with E-state index in [1.165, 1.54) is 14.2 Å². The van der Waals surface area contributed by atoms with Gasteiger partial charge in [-0.05, 0) is 49.5 Å². The number of nitrogens with zero attached hydrogens (tertiary/aromatic N) is 2. The summed E-state index contributed by atoms with van der Waals surface area (Å²) in [5, 5.41) is 1.05. The zero-order valence-corrected chi connectivity index (χ0v) is 20.9. The summed E-state index contributed by atoms with van der Waals surface area (Å²) in [4.78, 5) is 45.3. The van der Waals surface area contributed by atoms with E-state index >= 15 is 0 Å². The number of carbonyl (C=O) groups is 3. The van der Waals surface area contributed by atoms with Gasteiger partial charge in [-0.3, -0.25) is 19.3 Å². The van der Waals surface area contributed by atoms with Crippen LogP contribution < -0.4 is 0 Å². The van der Waals surface area contributed by atoms with E-state index in [1.54, 1.807) is 55.6 Å². The molecule has 4 atom stereocenters. The van der Waals surface area contributed by atoms with Crippen molar-refractivity contribution in [2.75, 3.05) is 41.4 Å². The van der Waals surface area contributed by atoms with Crippen molar-refractivity contribution >= 4 is 40.9 Å². The van der Waals surface area contributed by atoms with Gasteiger partial charge >= 0.3 is 11.9 Å². The van der Waals surface area contributed by atoms with Crippen molar-refractivity contribution in [3.05, 3.63) is 69.7 Å². The molecule has 2 aromatic rings. The van der Waals surface area contributed by atoms with Crippen LogP contribution in [-0.2, 0) is 23.9 Å². The van der Waals surface area contributed by atoms with Crippen molar-refractivity contribution in [2.24, 2.45) is 10.8 Å². The van der Waals surface area contributed by atoms with Gasteiger partial charge in [0.05, 0.1) is 26.3 Å². The smallest absolute Gasteiger partial charge is 0.322 e. The van der Waals surface area contributed by atoms with Crippen LogP contribution in [0.5, 0.6) is 0 Å². The van der Waals surface area contributed by atoms with Crippen molar-refractivity contribution in [1.29, 1.82) is 0 Å². The molecule has 4 rings (SSSR count). The first kappa shape index (κ1) is 24.7. The maximum absolute atomic E-state index is 14.5. The second kappa shape index (κ2) is 8.96. The Morgan fingerprint density at radius 1 is 0.794 bits per heavy atom. The largest absolute Gasteiger partial charge is 0.468 e. The molecule has 0 radical (unpaired) electrons. The lowest BCUT2D eigenvalue weighted by molar-refractivity contribution is -0.202. The molecule has 2 aliphatic rings. The molecule has 0 amide bonds. The van der Waals surface area contributed by atoms with Gasteiger partial charge in [0.25, 0.3) is 0 Å². The summed E-state index contributed by atoms with van der Waals surface area (Å²) in [6.07, 6.45) is 0. The molecule has 0 spiro atoms. The summed E-state index contributed by atoms with van der Waals surface area (Å²) in [6, 6.07) is 12.6. The fraction of sp³-hybridized carbons (Fsp3) is 0.400. The third-order valence-electron chi connectivity index (χ3n) is 7.07. The van der Waals surface area contributed by atoms with Crippen LogP contribution >= 0.6 is 23.2 Å². The summed E-state index contributed by atoms with van der Waals surface area (Å²) >= 11 is 12.3. The molecule has 0 aliphatic carbocycles. The molecule has 2 heterocycles. The number of hydrogen-bond acceptors (Lipinski definition) is 7. The fourth-order valence-corrected chi connectivity index (χ4v) is 6.20. The number of likely N-dealkylation sites (tertiary alicyclic amines) is 2. The molecule has 7 nitrogen and oxygen atoms in total. The van der Waals surface area contributed by atoms with E-state index in [-0.39, 0.29) is 13.1 Å². The number of ether oxygens (including phenoxy) is 2. The molecule has 0 saturated carbocycles. The quantitative estimate of drug-likeness (QED) is 0.465. The molecule has 2 bridgehead atoms. The van der Waals surface area contributed by atoms with E-state index in [2.05, 4.69) is 0 Å². The van der Waals surface area contributed by atoms with Crippen molar-refractivity contribution in [3.8, 4) is 0 Å². The van der Waals surface area contributed by atoms with Crippen LogP contribution in [0.15, 0.2) is 48.5 Å². The van der Waals surface area contributed by atoms with Gasteiger partial charge in [-0.25, -0.2) is 0 Å². The predicted octanol–water partition coefficient (Wildman–Crippen LogP) is 3.55. The molecule has 0 aromatic heterocycles. The maximum atomic E-state index is 14.5. The fourth-order valence-electron chi connectivity index (χ4n) is 5.95. The van der Waals surface area contributed by atoms with Gasteiger partial charge < -0.3 is 14.4 Å². The first-order valence-electron chi connectivity index (χ1n) is 10.8. The molecule has 2 aliphatic heterocycles. The van der Waals surface area contributed by atoms with Gasteiger partial charge in [0.1, 0.15) is 0 Å². The van der Waals surface area contributed by atoms with Crippen LogP contribution in [-0.4, -0.2) is 68.9 Å². The predicted molar refractivity (Wildman–Crippen MR) is 128 cm³/mol. The molecule has 4 unspecified atom stereocenters. The van der Waals surface area contributed by atoms with Gasteiger partial charge in [-0.2, -0.15) is 0 Å². The van der Waals surface area contributed by atoms with E-state index in [0.29, 0.717) is 21.2 Å². The maximum Gasteiger partial charge on any atom is 0.322 e. The zero-order valence-electron chi connectivity index (χ0n) is 19.4. The van der Waals surface area contributed by atoms with E-state index in [4.69, 9.17) is 32.7 Å². The number of halogens is 2. The summed E-state index contributed by atoms with van der Waals surface area (Å²) in [5.41, 5.74) is -1.92. The summed E-state index contributed by atoms with van der Waals surface area (Å²) in [5.74, 6) is -1.90. The average molecular weight is 505 g/mol. The number of methoxy groups -OCH3 is 2. The molecule has 0 N–H and O–H groups in total. The van der Waals surface area contributed by atoms with Crippen LogP contribution in [0, 0.1) is 10.8 Å². The van der Waals surface area contributed by atoms with Crippen LogP contribution in [0.25, 0.3) is 0 Å². The first-order valence-corrected chi connectivity index (χ1v) is 11.5. The van der Waals surface area contributed by atoms with Gasteiger partial charge in [0.2, 0.25) is 0 Å². The highest BCUT2D eigenvalue weighted by molar-refractivity contribution is 6.30. The Balaban J connectivity index is 2.06. The summed E-state index contributed by atoms with van der Waals surface area (Å²) < 4.78 is 10.4. The second-order valence-electron chi connectivity index (χ2n) is 9.00. The van der Waals surface area contributed by atoms with E-state index in [9.17, 15) is 14.4 Å². The molecule has 34 heavy (non-hydrogen) atoms. The van der Waals surface area contributed by atoms with Crippen LogP contribution in [0.1, 0.15) is 23.2 Å². The number of esters is 2. The average Bonchev–Trinajstić information content (AvgIpc) is 2.82. The number of rotatable bonds is 4. The van der Waals surface area contributed by atoms with Crippen LogP contribution in [0.3, 0.4) is 0 Å². The number of piperidine rings is 2. The highest BCUT2D eigenvalue weighted by atomic mass is 35.5. The van der Waals surface area contributed by atoms with Crippen molar-refractivity contribution in [1.82, 2.24) is 9.80 Å². The standard InChI is InChI=1S/C25H26Cl2N2O5/c1-28-13-24(22(31)33-3)19(15-5-9-17(26)10-6-15)29(2)20(16-7-11-18(27)12-8-16)25(14-28,21(24)30)23(32)34-4/h5-12,19-20H,13-14H2,1-4H3. The Bertz CT molecular complexity index is 1040. The lowest BCUT2D eigenvalue weighted by atomic mass is 9.54. The summed E-state index contributed by atoms with van der Waals surface area (Å²) in [7, 11) is 6.10. The zero-order chi connectivity index (χ0) is 24.8. The molecular weight excluding hydrogens is 479 g/mol. The Morgan fingerprint density at radius 3 is 1.47 bits per heavy atom. The lowest BCUT2D eigenvalue weighted by Gasteiger charge is -2.60. The molecular formula is C25H26Cl2N2O5. The highest BCUT2D eigenvalue weighted by Crippen LogP contribution is 2.60. The van der Waals surface area contributed by atoms with Crippen molar-refractivity contribution in [3.63, 3.8) is 0 Å². The SMILES string of the molecule is COC(=O)C12CN(C)CC(C(=O)OC)(C1=O)C(c1ccc(Cl)cc1)N(C)C2c1ccc(Cl)cc1. The van der Waals surface area contributed by atoms with Gasteiger partial charge in [0.15, 0.2) is 16.6 Å². The van der Waals surface area contributed by atoms with Gasteiger partial charge in [-0.15, -0.1) is 0 Å². The van der Waals surface area contributed by atoms with E-state index in [0.717, 1.165) is 0 Å². The number of fused-ring (bicyclic) bond motifs is 2. The number of Topliss-reactive ketones (excluding diaryl/α,β-unsaturated/α-hetero) is 1. The number of ketones is 1. The van der Waals surface area contributed by atoms with Crippen molar-refractivity contribution in [2.45, 2.75) is 12.1 Å². The monoisotopic (exact) mass is 504 g/mol. The second-order valence-corrected chi connectivity index (χ2v) is 9.87. The molecule has 2 fully saturated rings. The Morgan fingerprint density at radius 2 is 1.15 bits per heavy atom. The van der Waals surface area contributed by atoms with E-state index < -0.39 is 40.6 Å². The Hall–Kier alpha value is -2.45. The van der Waals surface area contributed by atoms with E-state index in [1.807, 2.05) is 16.8 Å².